The van der Waals surface area contributed by atoms with Crippen molar-refractivity contribution in [2.45, 2.75) is 70.0 Å². The van der Waals surface area contributed by atoms with Crippen LogP contribution in [0.5, 0.6) is 0 Å². The van der Waals surface area contributed by atoms with E-state index in [2.05, 4.69) is 0 Å². The van der Waals surface area contributed by atoms with Crippen LogP contribution in [0.3, 0.4) is 0 Å². The molecule has 2 fully saturated rings. The highest BCUT2D eigenvalue weighted by Crippen LogP contribution is 2.45. The molecule has 8 heteroatoms. The molecule has 1 saturated heterocycles. The Kier molecular flexibility index (Phi) is 6.94. The van der Waals surface area contributed by atoms with Crippen molar-refractivity contribution in [3.05, 3.63) is 59.9 Å². The van der Waals surface area contributed by atoms with Crippen LogP contribution >= 0.6 is 0 Å². The zero-order chi connectivity index (χ0) is 25.2. The van der Waals surface area contributed by atoms with Crippen LogP contribution in [-0.4, -0.2) is 48.0 Å². The Hall–Kier alpha value is -3.42. The highest BCUT2D eigenvalue weighted by Gasteiger charge is 2.48. The van der Waals surface area contributed by atoms with Crippen molar-refractivity contribution in [3.63, 3.8) is 0 Å². The van der Waals surface area contributed by atoms with Crippen molar-refractivity contribution in [1.29, 1.82) is 0 Å². The van der Waals surface area contributed by atoms with E-state index in [0.29, 0.717) is 25.1 Å². The molecule has 1 saturated carbocycles. The zero-order valence-electron chi connectivity index (χ0n) is 20.6. The quantitative estimate of drug-likeness (QED) is 0.574. The maximum Gasteiger partial charge on any atom is 0.410 e. The minimum absolute atomic E-state index is 0.0735. The molecule has 2 heterocycles. The molecule has 2 aromatic rings. The predicted octanol–water partition coefficient (Wildman–Crippen LogP) is 5.20. The molecule has 0 N–H and O–H groups in total. The third-order valence-electron chi connectivity index (χ3n) is 7.52. The summed E-state index contributed by atoms with van der Waals surface area (Å²) in [4.78, 5) is 45.6. The molecule has 1 aliphatic carbocycles. The van der Waals surface area contributed by atoms with Crippen LogP contribution in [0.25, 0.3) is 0 Å². The van der Waals surface area contributed by atoms with Crippen molar-refractivity contribution in [2.75, 3.05) is 23.0 Å². The third-order valence-corrected chi connectivity index (χ3v) is 7.52. The van der Waals surface area contributed by atoms with Crippen molar-refractivity contribution >= 4 is 29.3 Å². The van der Waals surface area contributed by atoms with E-state index in [1.54, 1.807) is 13.0 Å². The van der Waals surface area contributed by atoms with Gasteiger partial charge in [-0.15, -0.1) is 0 Å². The summed E-state index contributed by atoms with van der Waals surface area (Å²) in [6.45, 7) is 2.32. The number of carbonyl (C=O) groups excluding carboxylic acids is 3. The number of carbonyl (C=O) groups is 3. The molecule has 2 atom stereocenters. The number of halogens is 1. The van der Waals surface area contributed by atoms with E-state index in [4.69, 9.17) is 4.74 Å². The first-order valence-electron chi connectivity index (χ1n) is 12.9. The van der Waals surface area contributed by atoms with Gasteiger partial charge in [0.05, 0.1) is 6.61 Å². The molecular formula is C28H32FN3O4. The fraction of sp³-hybridized carbons (Fsp3) is 0.464. The maximum atomic E-state index is 14.4. The smallest absolute Gasteiger partial charge is 0.410 e. The molecule has 7 nitrogen and oxygen atoms in total. The average molecular weight is 494 g/mol. The lowest BCUT2D eigenvalue weighted by Crippen LogP contribution is -2.52. The topological polar surface area (TPSA) is 70.2 Å². The summed E-state index contributed by atoms with van der Waals surface area (Å²) in [7, 11) is 0. The summed E-state index contributed by atoms with van der Waals surface area (Å²) in [6, 6.07) is 11.7. The molecule has 0 bridgehead atoms. The van der Waals surface area contributed by atoms with Gasteiger partial charge in [0.1, 0.15) is 17.9 Å². The number of anilines is 2. The van der Waals surface area contributed by atoms with Crippen LogP contribution in [0.2, 0.25) is 0 Å². The Bertz CT molecular complexity index is 1150. The maximum absolute atomic E-state index is 14.4. The van der Waals surface area contributed by atoms with Crippen LogP contribution < -0.4 is 9.80 Å². The molecular weight excluding hydrogens is 461 g/mol. The zero-order valence-corrected chi connectivity index (χ0v) is 20.6. The van der Waals surface area contributed by atoms with Crippen LogP contribution in [0.1, 0.15) is 63.5 Å². The van der Waals surface area contributed by atoms with Crippen molar-refractivity contribution < 1.29 is 23.5 Å². The van der Waals surface area contributed by atoms with Crippen LogP contribution in [0.15, 0.2) is 48.5 Å². The normalized spacial score (nSPS) is 22.0. The second-order valence-electron chi connectivity index (χ2n) is 9.70. The Morgan fingerprint density at radius 1 is 1.03 bits per heavy atom. The second kappa shape index (κ2) is 10.3. The molecule has 3 aliphatic rings. The highest BCUT2D eigenvalue weighted by atomic mass is 19.1. The lowest BCUT2D eigenvalue weighted by Gasteiger charge is -2.35. The molecule has 36 heavy (non-hydrogen) atoms. The van der Waals surface area contributed by atoms with E-state index >= 15 is 0 Å². The van der Waals surface area contributed by atoms with Crippen molar-refractivity contribution in [1.82, 2.24) is 4.90 Å². The standard InChI is InChI=1S/C28H32FN3O4/c1-2-36-28(35)30-17-9-16-24(30)26(33)32(21-13-8-10-19(29)18-21)25-22-14-6-7-15-23(22)31(27(25)34)20-11-4-3-5-12-20/h6-8,10,13-15,18,20,24-25H,2-5,9,11-12,16-17H2,1H3/t24-,25-/m0/s1. The SMILES string of the molecule is CCOC(=O)N1CCC[C@H]1C(=O)N(c1cccc(F)c1)[C@@H]1C(=O)N(C2CCCCC2)c2ccccc21. The lowest BCUT2D eigenvalue weighted by atomic mass is 9.94. The summed E-state index contributed by atoms with van der Waals surface area (Å²) in [5.41, 5.74) is 1.84. The number of fused-ring (bicyclic) bond motifs is 1. The number of hydrogen-bond acceptors (Lipinski definition) is 4. The van der Waals surface area contributed by atoms with E-state index in [9.17, 15) is 18.8 Å². The molecule has 5 rings (SSSR count). The van der Waals surface area contributed by atoms with Gasteiger partial charge >= 0.3 is 6.09 Å². The summed E-state index contributed by atoms with van der Waals surface area (Å²) < 4.78 is 19.6. The number of rotatable bonds is 5. The first kappa shape index (κ1) is 24.3. The number of hydrogen-bond donors (Lipinski definition) is 0. The van der Waals surface area contributed by atoms with Gasteiger partial charge in [0.15, 0.2) is 0 Å². The Morgan fingerprint density at radius 2 is 1.81 bits per heavy atom. The molecule has 0 aromatic heterocycles. The number of para-hydroxylation sites is 1. The molecule has 0 spiro atoms. The fourth-order valence-electron chi connectivity index (χ4n) is 5.93. The van der Waals surface area contributed by atoms with Crippen LogP contribution in [0.4, 0.5) is 20.6 Å². The van der Waals surface area contributed by atoms with Gasteiger partial charge in [0.25, 0.3) is 11.8 Å². The summed E-state index contributed by atoms with van der Waals surface area (Å²) in [5, 5.41) is 0. The molecule has 0 radical (unpaired) electrons. The number of ether oxygens (including phenoxy) is 1. The van der Waals surface area contributed by atoms with E-state index in [-0.39, 0.29) is 18.6 Å². The first-order chi connectivity index (χ1) is 17.5. The van der Waals surface area contributed by atoms with Gasteiger partial charge < -0.3 is 9.64 Å². The van der Waals surface area contributed by atoms with E-state index in [0.717, 1.165) is 43.4 Å². The van der Waals surface area contributed by atoms with Gasteiger partial charge in [0, 0.05) is 29.5 Å². The monoisotopic (exact) mass is 493 g/mol. The van der Waals surface area contributed by atoms with Crippen molar-refractivity contribution in [3.8, 4) is 0 Å². The summed E-state index contributed by atoms with van der Waals surface area (Å²) in [5.74, 6) is -1.08. The minimum atomic E-state index is -0.929. The van der Waals surface area contributed by atoms with Crippen molar-refractivity contribution in [2.24, 2.45) is 0 Å². The Balaban J connectivity index is 1.58. The van der Waals surface area contributed by atoms with E-state index < -0.39 is 29.9 Å². The van der Waals surface area contributed by atoms with Gasteiger partial charge in [-0.2, -0.15) is 0 Å². The van der Waals surface area contributed by atoms with E-state index in [1.807, 2.05) is 29.2 Å². The highest BCUT2D eigenvalue weighted by molar-refractivity contribution is 6.13. The number of benzene rings is 2. The third kappa shape index (κ3) is 4.33. The van der Waals surface area contributed by atoms with Crippen LogP contribution in [0, 0.1) is 5.82 Å². The second-order valence-corrected chi connectivity index (χ2v) is 9.70. The van der Waals surface area contributed by atoms with E-state index in [1.165, 1.54) is 28.0 Å². The van der Waals surface area contributed by atoms with Gasteiger partial charge in [0.2, 0.25) is 0 Å². The minimum Gasteiger partial charge on any atom is -0.450 e. The molecule has 3 amide bonds. The van der Waals surface area contributed by atoms with Gasteiger partial charge in [-0.25, -0.2) is 9.18 Å². The van der Waals surface area contributed by atoms with Gasteiger partial charge in [-0.1, -0.05) is 43.5 Å². The molecule has 0 unspecified atom stereocenters. The lowest BCUT2D eigenvalue weighted by molar-refractivity contribution is -0.127. The first-order valence-corrected chi connectivity index (χ1v) is 12.9. The number of nitrogens with zero attached hydrogens (tertiary/aromatic N) is 3. The summed E-state index contributed by atoms with van der Waals surface area (Å²) in [6.07, 6.45) is 5.67. The largest absolute Gasteiger partial charge is 0.450 e. The van der Waals surface area contributed by atoms with Gasteiger partial charge in [-0.05, 0) is 56.9 Å². The summed E-state index contributed by atoms with van der Waals surface area (Å²) >= 11 is 0. The van der Waals surface area contributed by atoms with Crippen LogP contribution in [-0.2, 0) is 14.3 Å². The molecule has 2 aliphatic heterocycles. The van der Waals surface area contributed by atoms with Gasteiger partial charge in [-0.3, -0.25) is 19.4 Å². The Labute approximate surface area is 210 Å². The number of likely N-dealkylation sites (tertiary alicyclic amines) is 1. The predicted molar refractivity (Wildman–Crippen MR) is 134 cm³/mol. The number of amides is 3. The molecule has 190 valence electrons. The Morgan fingerprint density at radius 3 is 2.56 bits per heavy atom. The average Bonchev–Trinajstić information content (AvgIpc) is 3.48. The fourth-order valence-corrected chi connectivity index (χ4v) is 5.93. The molecule has 2 aromatic carbocycles.